The van der Waals surface area contributed by atoms with Crippen LogP contribution in [0.25, 0.3) is 6.08 Å². The number of carbonyl (C=O) groups is 2. The van der Waals surface area contributed by atoms with Crippen molar-refractivity contribution in [3.05, 3.63) is 58.3 Å². The van der Waals surface area contributed by atoms with Gasteiger partial charge in [0.1, 0.15) is 0 Å². The number of nitrogens with one attached hydrogen (secondary N) is 1. The Morgan fingerprint density at radius 3 is 2.67 bits per heavy atom. The van der Waals surface area contributed by atoms with E-state index in [-0.39, 0.29) is 11.1 Å². The first-order chi connectivity index (χ1) is 10.1. The van der Waals surface area contributed by atoms with Crippen LogP contribution in [0.15, 0.2) is 41.4 Å². The van der Waals surface area contributed by atoms with Gasteiger partial charge in [-0.25, -0.2) is 4.90 Å². The monoisotopic (exact) mass is 298 g/mol. The number of hydrogen-bond acceptors (Lipinski definition) is 3. The van der Waals surface area contributed by atoms with Gasteiger partial charge in [-0.1, -0.05) is 17.7 Å². The van der Waals surface area contributed by atoms with Gasteiger partial charge in [0.25, 0.3) is 11.1 Å². The number of thioether (sulfide) groups is 1. The fraction of sp³-hybridized carbons (Fsp3) is 0.125. The summed E-state index contributed by atoms with van der Waals surface area (Å²) in [4.78, 5) is 29.3. The number of benzene rings is 1. The maximum absolute atomic E-state index is 12.5. The van der Waals surface area contributed by atoms with Crippen molar-refractivity contribution in [3.63, 3.8) is 0 Å². The van der Waals surface area contributed by atoms with Crippen molar-refractivity contribution in [2.45, 2.75) is 13.8 Å². The van der Waals surface area contributed by atoms with Crippen LogP contribution < -0.4 is 4.90 Å². The molecule has 106 valence electrons. The fourth-order valence-electron chi connectivity index (χ4n) is 2.31. The molecule has 2 aromatic rings. The van der Waals surface area contributed by atoms with Crippen molar-refractivity contribution in [2.75, 3.05) is 4.90 Å². The summed E-state index contributed by atoms with van der Waals surface area (Å²) in [6.45, 7) is 3.88. The van der Waals surface area contributed by atoms with Crippen LogP contribution in [0.2, 0.25) is 0 Å². The number of aryl methyl sites for hydroxylation is 2. The van der Waals surface area contributed by atoms with Crippen LogP contribution in [0.3, 0.4) is 0 Å². The molecule has 1 aromatic carbocycles. The zero-order valence-electron chi connectivity index (χ0n) is 11.7. The highest BCUT2D eigenvalue weighted by Gasteiger charge is 2.36. The van der Waals surface area contributed by atoms with Gasteiger partial charge >= 0.3 is 0 Å². The highest BCUT2D eigenvalue weighted by molar-refractivity contribution is 8.19. The van der Waals surface area contributed by atoms with Gasteiger partial charge in [0, 0.05) is 11.9 Å². The highest BCUT2D eigenvalue weighted by atomic mass is 32.2. The van der Waals surface area contributed by atoms with Gasteiger partial charge in [0.05, 0.1) is 10.6 Å². The van der Waals surface area contributed by atoms with Crippen molar-refractivity contribution in [1.82, 2.24) is 4.98 Å². The van der Waals surface area contributed by atoms with Gasteiger partial charge in [0.15, 0.2) is 0 Å². The average molecular weight is 298 g/mol. The first-order valence-corrected chi connectivity index (χ1v) is 7.36. The molecule has 3 rings (SSSR count). The number of H-pyrrole nitrogens is 1. The minimum absolute atomic E-state index is 0.259. The minimum atomic E-state index is -0.272. The Bertz CT molecular complexity index is 748. The summed E-state index contributed by atoms with van der Waals surface area (Å²) >= 11 is 0.966. The largest absolute Gasteiger partial charge is 0.362 e. The lowest BCUT2D eigenvalue weighted by molar-refractivity contribution is -0.113. The first-order valence-electron chi connectivity index (χ1n) is 6.55. The van der Waals surface area contributed by atoms with Gasteiger partial charge < -0.3 is 4.98 Å². The van der Waals surface area contributed by atoms with E-state index in [2.05, 4.69) is 4.98 Å². The Hall–Kier alpha value is -2.27. The number of hydrogen-bond donors (Lipinski definition) is 1. The molecule has 1 aromatic heterocycles. The second kappa shape index (κ2) is 5.26. The normalized spacial score (nSPS) is 17.0. The van der Waals surface area contributed by atoms with E-state index in [9.17, 15) is 9.59 Å². The molecule has 1 aliphatic rings. The molecule has 2 heterocycles. The third-order valence-corrected chi connectivity index (χ3v) is 4.17. The third kappa shape index (κ3) is 2.52. The van der Waals surface area contributed by atoms with Crippen molar-refractivity contribution >= 4 is 34.7 Å². The highest BCUT2D eigenvalue weighted by Crippen LogP contribution is 2.36. The topological polar surface area (TPSA) is 53.2 Å². The first kappa shape index (κ1) is 13.7. The Kier molecular flexibility index (Phi) is 3.43. The summed E-state index contributed by atoms with van der Waals surface area (Å²) in [5.41, 5.74) is 3.47. The molecule has 2 amide bonds. The lowest BCUT2D eigenvalue weighted by Crippen LogP contribution is -2.28. The molecule has 1 N–H and O–H groups in total. The zero-order chi connectivity index (χ0) is 15.0. The predicted octanol–water partition coefficient (Wildman–Crippen LogP) is 3.87. The number of rotatable bonds is 2. The summed E-state index contributed by atoms with van der Waals surface area (Å²) in [6.07, 6.45) is 3.48. The lowest BCUT2D eigenvalue weighted by atomic mass is 10.1. The minimum Gasteiger partial charge on any atom is -0.362 e. The smallest absolute Gasteiger partial charge is 0.298 e. The number of aromatic amines is 1. The van der Waals surface area contributed by atoms with Crippen LogP contribution in [0.1, 0.15) is 16.8 Å². The van der Waals surface area contributed by atoms with E-state index >= 15 is 0 Å². The third-order valence-electron chi connectivity index (χ3n) is 3.30. The second-order valence-electron chi connectivity index (χ2n) is 4.93. The standard InChI is InChI=1S/C16H14N2O2S/c1-10-5-6-13(11(2)8-10)18-15(19)14(21-16(18)20)9-12-4-3-7-17-12/h3-9,17H,1-2H3/b14-9+. The van der Waals surface area contributed by atoms with Crippen LogP contribution in [-0.2, 0) is 4.79 Å². The molecule has 21 heavy (non-hydrogen) atoms. The average Bonchev–Trinajstić information content (AvgIpc) is 3.02. The zero-order valence-corrected chi connectivity index (χ0v) is 12.5. The van der Waals surface area contributed by atoms with E-state index in [1.807, 2.05) is 44.2 Å². The lowest BCUT2D eigenvalue weighted by Gasteiger charge is -2.15. The van der Waals surface area contributed by atoms with Crippen molar-refractivity contribution in [1.29, 1.82) is 0 Å². The van der Waals surface area contributed by atoms with Crippen LogP contribution >= 0.6 is 11.8 Å². The quantitative estimate of drug-likeness (QED) is 0.856. The number of anilines is 1. The molecule has 5 heteroatoms. The Morgan fingerprint density at radius 1 is 1.19 bits per heavy atom. The van der Waals surface area contributed by atoms with Crippen LogP contribution in [0.4, 0.5) is 10.5 Å². The summed E-state index contributed by atoms with van der Waals surface area (Å²) in [5.74, 6) is -0.272. The number of nitrogens with zero attached hydrogens (tertiary/aromatic N) is 1. The maximum Gasteiger partial charge on any atom is 0.298 e. The molecule has 0 bridgehead atoms. The van der Waals surface area contributed by atoms with Crippen molar-refractivity contribution in [2.24, 2.45) is 0 Å². The van der Waals surface area contributed by atoms with Gasteiger partial charge in [-0.2, -0.15) is 0 Å². The molecule has 0 spiro atoms. The van der Waals surface area contributed by atoms with E-state index in [1.54, 1.807) is 12.3 Å². The van der Waals surface area contributed by atoms with Gasteiger partial charge in [-0.3, -0.25) is 9.59 Å². The Morgan fingerprint density at radius 2 is 2.00 bits per heavy atom. The summed E-state index contributed by atoms with van der Waals surface area (Å²) in [6, 6.07) is 9.39. The number of aromatic nitrogens is 1. The molecular weight excluding hydrogens is 284 g/mol. The van der Waals surface area contributed by atoms with Crippen molar-refractivity contribution in [3.8, 4) is 0 Å². The molecule has 1 saturated heterocycles. The second-order valence-corrected chi connectivity index (χ2v) is 5.93. The molecular formula is C16H14N2O2S. The van der Waals surface area contributed by atoms with Gasteiger partial charge in [-0.15, -0.1) is 0 Å². The molecule has 1 aliphatic heterocycles. The predicted molar refractivity (Wildman–Crippen MR) is 85.2 cm³/mol. The maximum atomic E-state index is 12.5. The van der Waals surface area contributed by atoms with E-state index in [0.717, 1.165) is 28.6 Å². The Balaban J connectivity index is 1.98. The SMILES string of the molecule is Cc1ccc(N2C(=O)S/C(=C/c3ccc[nH]3)C2=O)c(C)c1. The van der Waals surface area contributed by atoms with Crippen LogP contribution in [0, 0.1) is 13.8 Å². The molecule has 4 nitrogen and oxygen atoms in total. The van der Waals surface area contributed by atoms with Crippen LogP contribution in [-0.4, -0.2) is 16.1 Å². The number of amides is 2. The summed E-state index contributed by atoms with van der Waals surface area (Å²) in [5, 5.41) is -0.259. The van der Waals surface area contributed by atoms with E-state index in [0.29, 0.717) is 10.6 Å². The molecule has 0 unspecified atom stereocenters. The Labute approximate surface area is 126 Å². The summed E-state index contributed by atoms with van der Waals surface area (Å²) < 4.78 is 0. The fourth-order valence-corrected chi connectivity index (χ4v) is 3.13. The van der Waals surface area contributed by atoms with Crippen molar-refractivity contribution < 1.29 is 9.59 Å². The van der Waals surface area contributed by atoms with Gasteiger partial charge in [0.2, 0.25) is 0 Å². The number of imide groups is 1. The van der Waals surface area contributed by atoms with Gasteiger partial charge in [-0.05, 0) is 55.4 Å². The summed E-state index contributed by atoms with van der Waals surface area (Å²) in [7, 11) is 0. The number of carbonyl (C=O) groups excluding carboxylic acids is 2. The molecule has 1 fully saturated rings. The molecule has 0 radical (unpaired) electrons. The van der Waals surface area contributed by atoms with Crippen LogP contribution in [0.5, 0.6) is 0 Å². The molecule has 0 saturated carbocycles. The molecule has 0 atom stereocenters. The molecule has 0 aliphatic carbocycles. The van der Waals surface area contributed by atoms with E-state index in [1.165, 1.54) is 4.90 Å². The van der Waals surface area contributed by atoms with E-state index < -0.39 is 0 Å². The van der Waals surface area contributed by atoms with E-state index in [4.69, 9.17) is 0 Å².